The third kappa shape index (κ3) is 1.48. The number of benzene rings is 1. The Morgan fingerprint density at radius 2 is 2.24 bits per heavy atom. The second-order valence-electron chi connectivity index (χ2n) is 5.33. The van der Waals surface area contributed by atoms with Gasteiger partial charge in [-0.25, -0.2) is 4.39 Å². The summed E-state index contributed by atoms with van der Waals surface area (Å²) in [6.45, 7) is 0. The molecule has 2 saturated carbocycles. The van der Waals surface area contributed by atoms with E-state index in [-0.39, 0.29) is 11.7 Å². The number of fused-ring (bicyclic) bond motifs is 2. The van der Waals surface area contributed by atoms with Gasteiger partial charge in [0.2, 0.25) is 0 Å². The third-order valence-corrected chi connectivity index (χ3v) is 4.47. The van der Waals surface area contributed by atoms with E-state index in [2.05, 4.69) is 0 Å². The largest absolute Gasteiger partial charge is 0.494 e. The van der Waals surface area contributed by atoms with E-state index in [9.17, 15) is 9.50 Å². The van der Waals surface area contributed by atoms with Gasteiger partial charge in [0.25, 0.3) is 0 Å². The van der Waals surface area contributed by atoms with Crippen molar-refractivity contribution in [2.45, 2.75) is 31.3 Å². The Hall–Kier alpha value is -1.09. The second kappa shape index (κ2) is 3.70. The fourth-order valence-corrected chi connectivity index (χ4v) is 3.63. The summed E-state index contributed by atoms with van der Waals surface area (Å²) in [5.41, 5.74) is -0.550. The molecule has 2 bridgehead atoms. The second-order valence-corrected chi connectivity index (χ2v) is 5.33. The maximum absolute atomic E-state index is 14.2. The smallest absolute Gasteiger partial charge is 0.171 e. The first-order chi connectivity index (χ1) is 8.15. The fraction of sp³-hybridized carbons (Fsp3) is 0.571. The van der Waals surface area contributed by atoms with Gasteiger partial charge in [0.15, 0.2) is 11.6 Å². The van der Waals surface area contributed by atoms with Crippen molar-refractivity contribution in [3.8, 4) is 5.75 Å². The lowest BCUT2D eigenvalue weighted by Crippen LogP contribution is -2.33. The Morgan fingerprint density at radius 3 is 2.82 bits per heavy atom. The van der Waals surface area contributed by atoms with E-state index >= 15 is 0 Å². The quantitative estimate of drug-likeness (QED) is 0.855. The Balaban J connectivity index is 2.04. The number of methoxy groups -OCH3 is 1. The molecule has 0 saturated heterocycles. The van der Waals surface area contributed by atoms with Crippen molar-refractivity contribution in [3.05, 3.63) is 29.6 Å². The van der Waals surface area contributed by atoms with Gasteiger partial charge in [-0.2, -0.15) is 0 Å². The molecule has 17 heavy (non-hydrogen) atoms. The Labute approximate surface area is 100 Å². The van der Waals surface area contributed by atoms with Crippen LogP contribution in [0.5, 0.6) is 5.75 Å². The standard InChI is InChI=1S/C14H17FO2/c1-17-12-4-2-3-11(13(12)15)14(16)8-9-5-6-10(14)7-9/h2-4,9-10,16H,5-8H2,1H3. The van der Waals surface area contributed by atoms with E-state index in [1.807, 2.05) is 0 Å². The number of hydrogen-bond donors (Lipinski definition) is 1. The number of hydrogen-bond acceptors (Lipinski definition) is 2. The normalized spacial score (nSPS) is 35.2. The van der Waals surface area contributed by atoms with Crippen molar-refractivity contribution in [2.75, 3.05) is 7.11 Å². The topological polar surface area (TPSA) is 29.5 Å². The molecular formula is C14H17FO2. The molecule has 0 spiro atoms. The summed E-state index contributed by atoms with van der Waals surface area (Å²) in [7, 11) is 1.45. The van der Waals surface area contributed by atoms with Gasteiger partial charge < -0.3 is 9.84 Å². The highest BCUT2D eigenvalue weighted by atomic mass is 19.1. The Kier molecular flexibility index (Phi) is 2.40. The molecule has 0 radical (unpaired) electrons. The molecule has 3 unspecified atom stereocenters. The molecule has 3 atom stereocenters. The van der Waals surface area contributed by atoms with Crippen LogP contribution in [0.4, 0.5) is 4.39 Å². The molecule has 2 nitrogen and oxygen atoms in total. The third-order valence-electron chi connectivity index (χ3n) is 4.47. The number of rotatable bonds is 2. The van der Waals surface area contributed by atoms with Crippen LogP contribution in [-0.4, -0.2) is 12.2 Å². The van der Waals surface area contributed by atoms with E-state index in [1.165, 1.54) is 13.5 Å². The summed E-state index contributed by atoms with van der Waals surface area (Å²) < 4.78 is 19.2. The zero-order valence-electron chi connectivity index (χ0n) is 9.95. The highest BCUT2D eigenvalue weighted by molar-refractivity contribution is 5.36. The predicted molar refractivity (Wildman–Crippen MR) is 62.3 cm³/mol. The molecule has 3 rings (SSSR count). The zero-order valence-corrected chi connectivity index (χ0v) is 9.95. The summed E-state index contributed by atoms with van der Waals surface area (Å²) in [5.74, 6) is 0.605. The Bertz CT molecular complexity index is 446. The molecule has 0 aliphatic heterocycles. The SMILES string of the molecule is COc1cccc(C2(O)CC3CCC2C3)c1F. The van der Waals surface area contributed by atoms with Crippen LogP contribution in [0, 0.1) is 17.7 Å². The summed E-state index contributed by atoms with van der Waals surface area (Å²) in [4.78, 5) is 0. The highest BCUT2D eigenvalue weighted by Gasteiger charge is 2.52. The molecule has 2 aliphatic carbocycles. The number of halogens is 1. The van der Waals surface area contributed by atoms with Crippen LogP contribution in [0.15, 0.2) is 18.2 Å². The molecular weight excluding hydrogens is 219 g/mol. The lowest BCUT2D eigenvalue weighted by Gasteiger charge is -2.33. The van der Waals surface area contributed by atoms with Crippen LogP contribution in [-0.2, 0) is 5.60 Å². The molecule has 0 heterocycles. The van der Waals surface area contributed by atoms with Crippen molar-refractivity contribution in [3.63, 3.8) is 0 Å². The summed E-state index contributed by atoms with van der Waals surface area (Å²) >= 11 is 0. The minimum Gasteiger partial charge on any atom is -0.494 e. The van der Waals surface area contributed by atoms with Crippen molar-refractivity contribution in [1.29, 1.82) is 0 Å². The van der Waals surface area contributed by atoms with Gasteiger partial charge in [-0.05, 0) is 43.6 Å². The average molecular weight is 236 g/mol. The summed E-state index contributed by atoms with van der Waals surface area (Å²) in [6.07, 6.45) is 3.92. The van der Waals surface area contributed by atoms with Crippen molar-refractivity contribution in [2.24, 2.45) is 11.8 Å². The lowest BCUT2D eigenvalue weighted by atomic mass is 9.78. The van der Waals surface area contributed by atoms with Gasteiger partial charge in [0, 0.05) is 5.56 Å². The average Bonchev–Trinajstić information content (AvgIpc) is 2.89. The monoisotopic (exact) mass is 236 g/mol. The zero-order chi connectivity index (χ0) is 12.0. The predicted octanol–water partition coefficient (Wildman–Crippen LogP) is 2.84. The van der Waals surface area contributed by atoms with Gasteiger partial charge in [-0.1, -0.05) is 12.1 Å². The first-order valence-corrected chi connectivity index (χ1v) is 6.20. The first-order valence-electron chi connectivity index (χ1n) is 6.20. The molecule has 2 aliphatic rings. The minimum atomic E-state index is -0.971. The van der Waals surface area contributed by atoms with Crippen LogP contribution in [0.2, 0.25) is 0 Å². The van der Waals surface area contributed by atoms with Gasteiger partial charge in [-0.15, -0.1) is 0 Å². The van der Waals surface area contributed by atoms with Gasteiger partial charge >= 0.3 is 0 Å². The van der Waals surface area contributed by atoms with Crippen LogP contribution < -0.4 is 4.74 Å². The minimum absolute atomic E-state index is 0.217. The van der Waals surface area contributed by atoms with Crippen LogP contribution in [0.1, 0.15) is 31.2 Å². The molecule has 1 aromatic rings. The van der Waals surface area contributed by atoms with Gasteiger partial charge in [0.1, 0.15) is 0 Å². The van der Waals surface area contributed by atoms with E-state index in [0.29, 0.717) is 17.9 Å². The van der Waals surface area contributed by atoms with Gasteiger partial charge in [0.05, 0.1) is 12.7 Å². The summed E-state index contributed by atoms with van der Waals surface area (Å²) in [6, 6.07) is 5.04. The first kappa shape index (κ1) is 11.0. The van der Waals surface area contributed by atoms with Crippen molar-refractivity contribution in [1.82, 2.24) is 0 Å². The van der Waals surface area contributed by atoms with E-state index < -0.39 is 11.4 Å². The maximum Gasteiger partial charge on any atom is 0.171 e. The molecule has 1 N–H and O–H groups in total. The van der Waals surface area contributed by atoms with E-state index in [1.54, 1.807) is 18.2 Å². The molecule has 1 aromatic carbocycles. The van der Waals surface area contributed by atoms with Crippen LogP contribution in [0.3, 0.4) is 0 Å². The van der Waals surface area contributed by atoms with E-state index in [4.69, 9.17) is 4.74 Å². The van der Waals surface area contributed by atoms with Crippen LogP contribution >= 0.6 is 0 Å². The summed E-state index contributed by atoms with van der Waals surface area (Å²) in [5, 5.41) is 10.8. The lowest BCUT2D eigenvalue weighted by molar-refractivity contribution is -0.0215. The number of aliphatic hydroxyl groups is 1. The maximum atomic E-state index is 14.2. The molecule has 0 amide bonds. The van der Waals surface area contributed by atoms with Crippen LogP contribution in [0.25, 0.3) is 0 Å². The van der Waals surface area contributed by atoms with Crippen molar-refractivity contribution < 1.29 is 14.2 Å². The van der Waals surface area contributed by atoms with Crippen molar-refractivity contribution >= 4 is 0 Å². The Morgan fingerprint density at radius 1 is 1.41 bits per heavy atom. The molecule has 92 valence electrons. The molecule has 0 aromatic heterocycles. The number of ether oxygens (including phenoxy) is 1. The van der Waals surface area contributed by atoms with Gasteiger partial charge in [-0.3, -0.25) is 0 Å². The molecule has 3 heteroatoms. The fourth-order valence-electron chi connectivity index (χ4n) is 3.63. The highest BCUT2D eigenvalue weighted by Crippen LogP contribution is 2.56. The molecule has 2 fully saturated rings. The van der Waals surface area contributed by atoms with E-state index in [0.717, 1.165) is 12.8 Å².